The molecule has 0 rings (SSSR count). The summed E-state index contributed by atoms with van der Waals surface area (Å²) < 4.78 is 0. The molecule has 14 heavy (non-hydrogen) atoms. The molecule has 7 heteroatoms. The molecule has 0 amide bonds. The molecule has 0 spiro atoms. The fourth-order valence-corrected chi connectivity index (χ4v) is 2.21. The molecule has 0 aliphatic rings. The van der Waals surface area contributed by atoms with Gasteiger partial charge in [0.25, 0.3) is 0 Å². The standard InChI is InChI=1S/C7H17N2O4P/c1-5(2)3-6(8)14(12,13)9-4-7(10)11/h5-6H,3-4,8H2,1-2H3,(H,10,11)(H2,9,12,13)/p-1. The summed E-state index contributed by atoms with van der Waals surface area (Å²) in [7, 11) is -3.99. The molecule has 0 saturated heterocycles. The van der Waals surface area contributed by atoms with Gasteiger partial charge in [0.1, 0.15) is 12.3 Å². The summed E-state index contributed by atoms with van der Waals surface area (Å²) in [5.74, 6) is -2.10. The quantitative estimate of drug-likeness (QED) is 0.470. The lowest BCUT2D eigenvalue weighted by molar-refractivity contribution is -0.315. The van der Waals surface area contributed by atoms with Gasteiger partial charge < -0.3 is 14.9 Å². The molecular formula is C7H16N2O4P-. The smallest absolute Gasteiger partial charge is 0.321 e. The lowest BCUT2D eigenvalue weighted by Crippen LogP contribution is -2.48. The van der Waals surface area contributed by atoms with Crippen molar-refractivity contribution in [1.29, 1.82) is 0 Å². The van der Waals surface area contributed by atoms with E-state index in [1.807, 2.05) is 18.9 Å². The predicted molar refractivity (Wildman–Crippen MR) is 50.0 cm³/mol. The van der Waals surface area contributed by atoms with E-state index in [0.717, 1.165) is 0 Å². The molecule has 0 fully saturated rings. The third-order valence-corrected chi connectivity index (χ3v) is 3.28. The molecule has 0 aromatic carbocycles. The molecule has 0 saturated carbocycles. The third kappa shape index (κ3) is 5.47. The zero-order chi connectivity index (χ0) is 11.4. The molecule has 1 atom stereocenters. The summed E-state index contributed by atoms with van der Waals surface area (Å²) in [5.41, 5.74) is 5.41. The third-order valence-electron chi connectivity index (χ3n) is 1.60. The molecule has 0 bridgehead atoms. The van der Waals surface area contributed by atoms with Crippen LogP contribution in [0.5, 0.6) is 0 Å². The van der Waals surface area contributed by atoms with Gasteiger partial charge in [-0.1, -0.05) is 13.8 Å². The SMILES string of the molecule is CC(C)CC(N)[P+]([O-])([O-])NCC(=O)O. The molecule has 0 aromatic heterocycles. The van der Waals surface area contributed by atoms with Crippen LogP contribution in [0.3, 0.4) is 0 Å². The highest BCUT2D eigenvalue weighted by atomic mass is 31.2. The van der Waals surface area contributed by atoms with Gasteiger partial charge in [-0.15, -0.1) is 0 Å². The van der Waals surface area contributed by atoms with Gasteiger partial charge in [0.05, 0.1) is 0 Å². The van der Waals surface area contributed by atoms with Crippen LogP contribution in [0.25, 0.3) is 0 Å². The van der Waals surface area contributed by atoms with Gasteiger partial charge in [-0.05, 0) is 13.8 Å². The number of carbonyl (C=O) groups is 1. The van der Waals surface area contributed by atoms with E-state index in [-0.39, 0.29) is 5.92 Å². The summed E-state index contributed by atoms with van der Waals surface area (Å²) in [6.45, 7) is 3.07. The number of hydrogen-bond acceptors (Lipinski definition) is 5. The molecule has 0 heterocycles. The van der Waals surface area contributed by atoms with Crippen LogP contribution in [0, 0.1) is 5.92 Å². The first kappa shape index (κ1) is 13.7. The van der Waals surface area contributed by atoms with Crippen molar-refractivity contribution in [3.8, 4) is 0 Å². The van der Waals surface area contributed by atoms with Crippen LogP contribution in [-0.4, -0.2) is 23.4 Å². The van der Waals surface area contributed by atoms with E-state index in [1.54, 1.807) is 0 Å². The van der Waals surface area contributed by atoms with Crippen LogP contribution in [0.15, 0.2) is 0 Å². The first-order chi connectivity index (χ1) is 6.25. The number of hydrogen-bond donors (Lipinski definition) is 3. The predicted octanol–water partition coefficient (Wildman–Crippen LogP) is -1.53. The minimum Gasteiger partial charge on any atom is -0.668 e. The van der Waals surface area contributed by atoms with Crippen molar-refractivity contribution in [2.24, 2.45) is 11.7 Å². The minimum absolute atomic E-state index is 0.152. The number of nitrogens with two attached hydrogens (primary N) is 1. The maximum absolute atomic E-state index is 11.3. The maximum Gasteiger partial charge on any atom is 0.321 e. The van der Waals surface area contributed by atoms with Crippen LogP contribution >= 0.6 is 7.87 Å². The number of nitrogens with one attached hydrogen (secondary N) is 1. The van der Waals surface area contributed by atoms with Crippen molar-refractivity contribution in [2.45, 2.75) is 26.1 Å². The summed E-state index contributed by atoms with van der Waals surface area (Å²) in [6, 6.07) is 0. The van der Waals surface area contributed by atoms with E-state index in [4.69, 9.17) is 10.8 Å². The highest BCUT2D eigenvalue weighted by Gasteiger charge is 2.24. The van der Waals surface area contributed by atoms with Crippen molar-refractivity contribution in [1.82, 2.24) is 5.09 Å². The van der Waals surface area contributed by atoms with E-state index < -0.39 is 26.2 Å². The Balaban J connectivity index is 4.08. The molecule has 1 unspecified atom stereocenters. The fourth-order valence-electron chi connectivity index (χ4n) is 0.917. The van der Waals surface area contributed by atoms with Gasteiger partial charge in [0.15, 0.2) is 0 Å². The Morgan fingerprint density at radius 1 is 1.57 bits per heavy atom. The molecule has 6 nitrogen and oxygen atoms in total. The molecule has 0 radical (unpaired) electrons. The number of rotatable bonds is 6. The Morgan fingerprint density at radius 2 is 2.07 bits per heavy atom. The Bertz CT molecular complexity index is 198. The lowest BCUT2D eigenvalue weighted by Gasteiger charge is -2.41. The number of aliphatic carboxylic acids is 1. The van der Waals surface area contributed by atoms with Crippen molar-refractivity contribution >= 4 is 13.8 Å². The monoisotopic (exact) mass is 223 g/mol. The summed E-state index contributed by atoms with van der Waals surface area (Å²) in [5, 5.41) is 10.2. The van der Waals surface area contributed by atoms with Crippen molar-refractivity contribution in [3.63, 3.8) is 0 Å². The maximum atomic E-state index is 11.3. The van der Waals surface area contributed by atoms with Crippen LogP contribution < -0.4 is 20.6 Å². The average Bonchev–Trinajstić information content (AvgIpc) is 1.99. The van der Waals surface area contributed by atoms with Crippen molar-refractivity contribution in [2.75, 3.05) is 6.54 Å². The van der Waals surface area contributed by atoms with Gasteiger partial charge in [-0.25, -0.2) is 0 Å². The molecule has 0 aliphatic heterocycles. The van der Waals surface area contributed by atoms with Crippen LogP contribution in [-0.2, 0) is 4.79 Å². The Kier molecular flexibility index (Phi) is 5.48. The van der Waals surface area contributed by atoms with E-state index in [2.05, 4.69) is 0 Å². The van der Waals surface area contributed by atoms with Gasteiger partial charge in [0, 0.05) is 6.42 Å². The molecule has 84 valence electrons. The van der Waals surface area contributed by atoms with Crippen LogP contribution in [0.2, 0.25) is 0 Å². The molecule has 4 N–H and O–H groups in total. The van der Waals surface area contributed by atoms with E-state index in [9.17, 15) is 14.6 Å². The van der Waals surface area contributed by atoms with E-state index in [1.165, 1.54) is 0 Å². The molecular weight excluding hydrogens is 207 g/mol. The van der Waals surface area contributed by atoms with Crippen LogP contribution in [0.1, 0.15) is 20.3 Å². The summed E-state index contributed by atoms with van der Waals surface area (Å²) >= 11 is 0. The minimum atomic E-state index is -3.99. The fraction of sp³-hybridized carbons (Fsp3) is 0.857. The average molecular weight is 223 g/mol. The topological polar surface area (TPSA) is 121 Å². The van der Waals surface area contributed by atoms with Gasteiger partial charge in [-0.3, -0.25) is 10.5 Å². The zero-order valence-electron chi connectivity index (χ0n) is 8.27. The van der Waals surface area contributed by atoms with Crippen molar-refractivity contribution < 1.29 is 19.7 Å². The first-order valence-electron chi connectivity index (χ1n) is 4.29. The van der Waals surface area contributed by atoms with Gasteiger partial charge in [0.2, 0.25) is 0 Å². The first-order valence-corrected chi connectivity index (χ1v) is 5.98. The second kappa shape index (κ2) is 5.58. The lowest BCUT2D eigenvalue weighted by atomic mass is 10.1. The second-order valence-electron chi connectivity index (χ2n) is 3.52. The second-order valence-corrected chi connectivity index (χ2v) is 5.70. The Labute approximate surface area is 83.7 Å². The Hall–Kier alpha value is -0.260. The van der Waals surface area contributed by atoms with Crippen molar-refractivity contribution in [3.05, 3.63) is 0 Å². The largest absolute Gasteiger partial charge is 0.668 e. The highest BCUT2D eigenvalue weighted by Crippen LogP contribution is 2.40. The van der Waals surface area contributed by atoms with E-state index in [0.29, 0.717) is 6.42 Å². The normalized spacial score (nSPS) is 14.4. The number of carboxylic acids is 1. The number of carboxylic acid groups (broad SMARTS) is 1. The summed E-state index contributed by atoms with van der Waals surface area (Å²) in [6.07, 6.45) is 0.313. The van der Waals surface area contributed by atoms with Gasteiger partial charge in [-0.2, -0.15) is 5.09 Å². The van der Waals surface area contributed by atoms with Crippen LogP contribution in [0.4, 0.5) is 0 Å². The van der Waals surface area contributed by atoms with E-state index >= 15 is 0 Å². The highest BCUT2D eigenvalue weighted by molar-refractivity contribution is 7.60. The molecule has 0 aliphatic carbocycles. The molecule has 0 aromatic rings. The zero-order valence-corrected chi connectivity index (χ0v) is 9.16. The Morgan fingerprint density at radius 3 is 2.43 bits per heavy atom. The summed E-state index contributed by atoms with van der Waals surface area (Å²) in [4.78, 5) is 32.7. The van der Waals surface area contributed by atoms with Gasteiger partial charge >= 0.3 is 5.97 Å².